The van der Waals surface area contributed by atoms with Gasteiger partial charge in [-0.1, -0.05) is 6.07 Å². The first-order valence-corrected chi connectivity index (χ1v) is 5.70. The van der Waals surface area contributed by atoms with E-state index < -0.39 is 6.10 Å². The third kappa shape index (κ3) is 2.78. The van der Waals surface area contributed by atoms with Crippen LogP contribution in [0.25, 0.3) is 0 Å². The second-order valence-corrected chi connectivity index (χ2v) is 4.37. The van der Waals surface area contributed by atoms with Gasteiger partial charge in [0.2, 0.25) is 0 Å². The van der Waals surface area contributed by atoms with Gasteiger partial charge in [-0.15, -0.1) is 0 Å². The van der Waals surface area contributed by atoms with E-state index in [0.29, 0.717) is 0 Å². The molecular weight excluding hydrogens is 216 g/mol. The molecule has 0 radical (unpaired) electrons. The zero-order chi connectivity index (χ0) is 13.2. The molecule has 0 aliphatic heterocycles. The molecule has 0 amide bonds. The van der Waals surface area contributed by atoms with Crippen LogP contribution in [-0.4, -0.2) is 19.2 Å². The van der Waals surface area contributed by atoms with E-state index in [9.17, 15) is 4.79 Å². The van der Waals surface area contributed by atoms with E-state index in [-0.39, 0.29) is 5.97 Å². The van der Waals surface area contributed by atoms with Crippen LogP contribution in [0.3, 0.4) is 0 Å². The van der Waals surface area contributed by atoms with Crippen molar-refractivity contribution >= 4 is 5.97 Å². The summed E-state index contributed by atoms with van der Waals surface area (Å²) in [6.07, 6.45) is -0.584. The smallest absolute Gasteiger partial charge is 0.346 e. The number of esters is 1. The fourth-order valence-corrected chi connectivity index (χ4v) is 1.83. The summed E-state index contributed by atoms with van der Waals surface area (Å²) in [4.78, 5) is 11.3. The van der Waals surface area contributed by atoms with E-state index in [0.717, 1.165) is 16.9 Å². The number of aryl methyl sites for hydroxylation is 2. The number of carbonyl (C=O) groups excluding carboxylic acids is 1. The summed E-state index contributed by atoms with van der Waals surface area (Å²) in [7, 11) is 1.36. The van der Waals surface area contributed by atoms with Crippen LogP contribution < -0.4 is 4.74 Å². The zero-order valence-corrected chi connectivity index (χ0v) is 11.4. The molecule has 1 rings (SSSR count). The second kappa shape index (κ2) is 5.21. The molecule has 0 fully saturated rings. The Kier molecular flexibility index (Phi) is 4.16. The van der Waals surface area contributed by atoms with Crippen LogP contribution in [0.2, 0.25) is 0 Å². The molecule has 1 unspecified atom stereocenters. The lowest BCUT2D eigenvalue weighted by Crippen LogP contribution is -2.25. The van der Waals surface area contributed by atoms with Crippen LogP contribution in [-0.2, 0) is 9.53 Å². The van der Waals surface area contributed by atoms with E-state index in [2.05, 4.69) is 24.7 Å². The number of benzene rings is 1. The van der Waals surface area contributed by atoms with Crippen molar-refractivity contribution in [1.29, 1.82) is 0 Å². The minimum absolute atomic E-state index is 0.359. The Balaban J connectivity index is 3.07. The van der Waals surface area contributed by atoms with Gasteiger partial charge in [0, 0.05) is 0 Å². The van der Waals surface area contributed by atoms with Crippen LogP contribution in [0, 0.1) is 27.7 Å². The molecule has 3 nitrogen and oxygen atoms in total. The highest BCUT2D eigenvalue weighted by atomic mass is 16.6. The summed E-state index contributed by atoms with van der Waals surface area (Å²) in [5.41, 5.74) is 4.56. The topological polar surface area (TPSA) is 35.5 Å². The Labute approximate surface area is 103 Å². The lowest BCUT2D eigenvalue weighted by atomic mass is 10.00. The molecule has 0 aromatic heterocycles. The van der Waals surface area contributed by atoms with Crippen molar-refractivity contribution in [2.24, 2.45) is 0 Å². The van der Waals surface area contributed by atoms with Crippen molar-refractivity contribution in [2.75, 3.05) is 7.11 Å². The molecule has 0 aliphatic carbocycles. The molecule has 0 N–H and O–H groups in total. The SMILES string of the molecule is COC(=O)C(C)Oc1c(C)cc(C)c(C)c1C. The van der Waals surface area contributed by atoms with Crippen molar-refractivity contribution in [3.8, 4) is 5.75 Å². The van der Waals surface area contributed by atoms with Gasteiger partial charge in [-0.05, 0) is 56.9 Å². The Morgan fingerprint density at radius 2 is 1.71 bits per heavy atom. The maximum absolute atomic E-state index is 11.3. The van der Waals surface area contributed by atoms with Crippen molar-refractivity contribution in [3.05, 3.63) is 28.3 Å². The minimum atomic E-state index is -0.584. The minimum Gasteiger partial charge on any atom is -0.478 e. The standard InChI is InChI=1S/C14H20O3/c1-8-7-9(2)13(11(4)10(8)3)17-12(5)14(15)16-6/h7,12H,1-6H3. The van der Waals surface area contributed by atoms with Crippen molar-refractivity contribution < 1.29 is 14.3 Å². The molecule has 3 heteroatoms. The fourth-order valence-electron chi connectivity index (χ4n) is 1.83. The first kappa shape index (κ1) is 13.6. The molecule has 0 heterocycles. The Hall–Kier alpha value is -1.51. The van der Waals surface area contributed by atoms with Crippen molar-refractivity contribution in [3.63, 3.8) is 0 Å². The number of methoxy groups -OCH3 is 1. The highest BCUT2D eigenvalue weighted by Crippen LogP contribution is 2.29. The number of hydrogen-bond donors (Lipinski definition) is 0. The normalized spacial score (nSPS) is 12.1. The van der Waals surface area contributed by atoms with E-state index in [1.165, 1.54) is 18.2 Å². The molecular formula is C14H20O3. The van der Waals surface area contributed by atoms with Gasteiger partial charge in [0.25, 0.3) is 0 Å². The van der Waals surface area contributed by atoms with Crippen LogP contribution in [0.4, 0.5) is 0 Å². The van der Waals surface area contributed by atoms with Crippen molar-refractivity contribution in [2.45, 2.75) is 40.7 Å². The van der Waals surface area contributed by atoms with Gasteiger partial charge in [-0.3, -0.25) is 0 Å². The summed E-state index contributed by atoms with van der Waals surface area (Å²) < 4.78 is 10.3. The summed E-state index contributed by atoms with van der Waals surface area (Å²) in [6.45, 7) is 9.82. The molecule has 0 bridgehead atoms. The number of rotatable bonds is 3. The Morgan fingerprint density at radius 1 is 1.12 bits per heavy atom. The molecule has 1 aromatic rings. The third-order valence-corrected chi connectivity index (χ3v) is 3.11. The quantitative estimate of drug-likeness (QED) is 0.757. The van der Waals surface area contributed by atoms with Crippen molar-refractivity contribution in [1.82, 2.24) is 0 Å². The average Bonchev–Trinajstić information content (AvgIpc) is 2.30. The number of ether oxygens (including phenoxy) is 2. The number of hydrogen-bond acceptors (Lipinski definition) is 3. The highest BCUT2D eigenvalue weighted by molar-refractivity contribution is 5.74. The third-order valence-electron chi connectivity index (χ3n) is 3.11. The Bertz CT molecular complexity index is 436. The molecule has 0 spiro atoms. The van der Waals surface area contributed by atoms with Gasteiger partial charge in [0.15, 0.2) is 6.10 Å². The molecule has 0 saturated heterocycles. The lowest BCUT2D eigenvalue weighted by Gasteiger charge is -2.19. The van der Waals surface area contributed by atoms with Crippen LogP contribution in [0.5, 0.6) is 5.75 Å². The molecule has 17 heavy (non-hydrogen) atoms. The van der Waals surface area contributed by atoms with Gasteiger partial charge in [-0.25, -0.2) is 4.79 Å². The fraction of sp³-hybridized carbons (Fsp3) is 0.500. The Morgan fingerprint density at radius 3 is 2.24 bits per heavy atom. The maximum Gasteiger partial charge on any atom is 0.346 e. The van der Waals surface area contributed by atoms with Crippen LogP contribution in [0.15, 0.2) is 6.07 Å². The van der Waals surface area contributed by atoms with Gasteiger partial charge >= 0.3 is 5.97 Å². The van der Waals surface area contributed by atoms with Crippen LogP contribution in [0.1, 0.15) is 29.2 Å². The van der Waals surface area contributed by atoms with Gasteiger partial charge in [-0.2, -0.15) is 0 Å². The van der Waals surface area contributed by atoms with Gasteiger partial charge in [0.1, 0.15) is 5.75 Å². The second-order valence-electron chi connectivity index (χ2n) is 4.37. The van der Waals surface area contributed by atoms with E-state index in [1.807, 2.05) is 13.8 Å². The monoisotopic (exact) mass is 236 g/mol. The average molecular weight is 236 g/mol. The largest absolute Gasteiger partial charge is 0.478 e. The molecule has 0 saturated carbocycles. The maximum atomic E-state index is 11.3. The summed E-state index contributed by atoms with van der Waals surface area (Å²) >= 11 is 0. The van der Waals surface area contributed by atoms with E-state index in [1.54, 1.807) is 6.92 Å². The number of carbonyl (C=O) groups is 1. The molecule has 94 valence electrons. The first-order chi connectivity index (χ1) is 7.88. The zero-order valence-electron chi connectivity index (χ0n) is 11.4. The molecule has 0 aliphatic rings. The summed E-state index contributed by atoms with van der Waals surface area (Å²) in [5, 5.41) is 0. The van der Waals surface area contributed by atoms with Crippen LogP contribution >= 0.6 is 0 Å². The predicted octanol–water partition coefficient (Wildman–Crippen LogP) is 2.86. The van der Waals surface area contributed by atoms with Gasteiger partial charge < -0.3 is 9.47 Å². The lowest BCUT2D eigenvalue weighted by molar-refractivity contribution is -0.147. The predicted molar refractivity (Wildman–Crippen MR) is 67.5 cm³/mol. The van der Waals surface area contributed by atoms with E-state index in [4.69, 9.17) is 4.74 Å². The molecule has 1 atom stereocenters. The van der Waals surface area contributed by atoms with E-state index >= 15 is 0 Å². The van der Waals surface area contributed by atoms with Gasteiger partial charge in [0.05, 0.1) is 7.11 Å². The molecule has 1 aromatic carbocycles. The first-order valence-electron chi connectivity index (χ1n) is 5.70. The summed E-state index contributed by atoms with van der Waals surface area (Å²) in [5.74, 6) is 0.424. The summed E-state index contributed by atoms with van der Waals surface area (Å²) in [6, 6.07) is 2.07. The highest BCUT2D eigenvalue weighted by Gasteiger charge is 2.18.